The molecule has 0 heterocycles. The fourth-order valence-electron chi connectivity index (χ4n) is 2.41. The molecule has 9 N–H and O–H groups in total. The summed E-state index contributed by atoms with van der Waals surface area (Å²) in [5, 5.41) is 26.8. The third-order valence-corrected chi connectivity index (χ3v) is 2.89. The van der Waals surface area contributed by atoms with Crippen LogP contribution in [0.2, 0.25) is 0 Å². The van der Waals surface area contributed by atoms with Gasteiger partial charge in [-0.15, -0.1) is 0 Å². The van der Waals surface area contributed by atoms with Crippen LogP contribution in [0.3, 0.4) is 0 Å². The third kappa shape index (κ3) is 10.4. The number of aliphatic carboxylic acids is 3. The average molecular weight is 363 g/mol. The fourth-order valence-corrected chi connectivity index (χ4v) is 2.41. The second kappa shape index (κ2) is 10.0. The van der Waals surface area contributed by atoms with Gasteiger partial charge < -0.3 is 34.5 Å². The molecule has 0 unspecified atom stereocenters. The molecule has 0 saturated heterocycles. The Hall–Kier alpha value is -0.980. The second-order valence-electron chi connectivity index (χ2n) is 5.29. The van der Waals surface area contributed by atoms with E-state index in [9.17, 15) is 19.2 Å². The Morgan fingerprint density at radius 3 is 1.48 bits per heavy atom. The molecule has 0 atom stereocenters. The van der Waals surface area contributed by atoms with Crippen LogP contribution in [0.1, 0.15) is 35.0 Å². The Morgan fingerprint density at radius 1 is 0.870 bits per heavy atom. The molecule has 0 aromatic heterocycles. The molecular formula is C11H21CaN3O8. The van der Waals surface area contributed by atoms with Crippen LogP contribution in [0.4, 0.5) is 0 Å². The molecule has 0 bridgehead atoms. The third-order valence-electron chi connectivity index (χ3n) is 2.89. The van der Waals surface area contributed by atoms with Gasteiger partial charge in [0.2, 0.25) is 0 Å². The Kier molecular flexibility index (Phi) is 10.6. The number of carbonyl (C=O) groups is 4. The van der Waals surface area contributed by atoms with Crippen LogP contribution in [0.5, 0.6) is 0 Å². The van der Waals surface area contributed by atoms with E-state index in [2.05, 4.69) is 10.7 Å². The molecule has 0 amide bonds. The minimum Gasteiger partial charge on any atom is -1.00 e. The van der Waals surface area contributed by atoms with E-state index in [-0.39, 0.29) is 40.6 Å². The van der Waals surface area contributed by atoms with E-state index in [0.29, 0.717) is 0 Å². The summed E-state index contributed by atoms with van der Waals surface area (Å²) in [6.45, 7) is 0. The second-order valence-corrected chi connectivity index (χ2v) is 5.29. The predicted molar refractivity (Wildman–Crippen MR) is 77.8 cm³/mol. The van der Waals surface area contributed by atoms with Crippen molar-refractivity contribution in [2.24, 2.45) is 22.8 Å². The van der Waals surface area contributed by atoms with E-state index in [1.54, 1.807) is 0 Å². The van der Waals surface area contributed by atoms with Crippen molar-refractivity contribution in [2.45, 2.75) is 37.8 Å². The molecule has 0 aliphatic rings. The van der Waals surface area contributed by atoms with Crippen molar-refractivity contribution >= 4 is 61.6 Å². The average Bonchev–Trinajstić information content (AvgIpc) is 2.23. The van der Waals surface area contributed by atoms with Crippen molar-refractivity contribution in [1.29, 1.82) is 0 Å². The van der Waals surface area contributed by atoms with Crippen molar-refractivity contribution < 1.29 is 42.2 Å². The topological polar surface area (TPSA) is 216 Å². The number of carbonyl (C=O) groups excluding carboxylic acids is 1. The van der Waals surface area contributed by atoms with E-state index >= 15 is 0 Å². The zero-order valence-electron chi connectivity index (χ0n) is 14.4. The quantitative estimate of drug-likeness (QED) is 0.142. The van der Waals surface area contributed by atoms with Crippen LogP contribution in [0.25, 0.3) is 0 Å². The first-order chi connectivity index (χ1) is 9.91. The summed E-state index contributed by atoms with van der Waals surface area (Å²) in [6, 6.07) is 0. The van der Waals surface area contributed by atoms with Gasteiger partial charge in [-0.25, -0.2) is 0 Å². The van der Waals surface area contributed by atoms with Gasteiger partial charge in [-0.2, -0.15) is 5.90 Å². The largest absolute Gasteiger partial charge is 2.00 e. The van der Waals surface area contributed by atoms with E-state index in [1.165, 1.54) is 0 Å². The van der Waals surface area contributed by atoms with Gasteiger partial charge in [-0.3, -0.25) is 19.2 Å². The first-order valence-electron chi connectivity index (χ1n) is 6.04. The van der Waals surface area contributed by atoms with Crippen LogP contribution in [-0.2, 0) is 24.0 Å². The molecule has 0 aliphatic carbocycles. The molecule has 130 valence electrons. The number of carboxylic acids is 3. The minimum absolute atomic E-state index is 0. The molecule has 23 heavy (non-hydrogen) atoms. The molecule has 11 nitrogen and oxygen atoms in total. The van der Waals surface area contributed by atoms with Crippen molar-refractivity contribution in [3.63, 3.8) is 0 Å². The summed E-state index contributed by atoms with van der Waals surface area (Å²) in [4.78, 5) is 47.9. The SMILES string of the molecule is NOC(=O)CC(N)(N)CC(CC(=O)O)(CC(=O)O)CC(=O)O.[Ca+2].[H-].[H-]. The summed E-state index contributed by atoms with van der Waals surface area (Å²) < 4.78 is 0. The molecular weight excluding hydrogens is 342 g/mol. The fraction of sp³-hybridized carbons (Fsp3) is 0.636. The Labute approximate surface area is 164 Å². The summed E-state index contributed by atoms with van der Waals surface area (Å²) in [7, 11) is 0. The minimum atomic E-state index is -1.88. The number of nitrogens with two attached hydrogens (primary N) is 3. The zero-order valence-corrected chi connectivity index (χ0v) is 14.6. The van der Waals surface area contributed by atoms with Crippen LogP contribution in [-0.4, -0.2) is 82.6 Å². The Bertz CT molecular complexity index is 437. The van der Waals surface area contributed by atoms with E-state index in [4.69, 9.17) is 26.8 Å². The first kappa shape index (κ1) is 24.3. The number of hydrogen-bond acceptors (Lipinski definition) is 8. The van der Waals surface area contributed by atoms with Crippen LogP contribution < -0.4 is 17.4 Å². The van der Waals surface area contributed by atoms with Crippen molar-refractivity contribution in [2.75, 3.05) is 0 Å². The first-order valence-corrected chi connectivity index (χ1v) is 6.04. The molecule has 0 aromatic rings. The monoisotopic (exact) mass is 363 g/mol. The maximum Gasteiger partial charge on any atom is 2.00 e. The smallest absolute Gasteiger partial charge is 1.00 e. The summed E-state index contributed by atoms with van der Waals surface area (Å²) >= 11 is 0. The Morgan fingerprint density at radius 2 is 1.22 bits per heavy atom. The van der Waals surface area contributed by atoms with Crippen LogP contribution >= 0.6 is 0 Å². The van der Waals surface area contributed by atoms with Gasteiger partial charge in [0.1, 0.15) is 0 Å². The Balaban J connectivity index is -0.000000735. The van der Waals surface area contributed by atoms with Crippen LogP contribution in [0, 0.1) is 5.41 Å². The molecule has 0 spiro atoms. The molecule has 12 heteroatoms. The van der Waals surface area contributed by atoms with E-state index in [0.717, 1.165) is 0 Å². The number of hydrogen-bond donors (Lipinski definition) is 6. The summed E-state index contributed by atoms with van der Waals surface area (Å²) in [5.41, 5.74) is 7.66. The normalized spacial score (nSPS) is 11.3. The molecule has 0 aromatic carbocycles. The van der Waals surface area contributed by atoms with Gasteiger partial charge in [-0.05, 0) is 6.42 Å². The standard InChI is InChI=1S/C11H19N3O8.Ca.2H/c12-11(13,4-9(21)22-14)5-10(1-6(15)16,2-7(17)18)3-8(19)20;;;/h1-5,12-14H2,(H,15,16)(H,17,18)(H,19,20);;;/q;+2;2*-1. The van der Waals surface area contributed by atoms with Gasteiger partial charge in [0.25, 0.3) is 0 Å². The van der Waals surface area contributed by atoms with Crippen LogP contribution in [0.15, 0.2) is 0 Å². The zero-order chi connectivity index (χ0) is 17.6. The van der Waals surface area contributed by atoms with Crippen molar-refractivity contribution in [1.82, 2.24) is 0 Å². The summed E-state index contributed by atoms with van der Waals surface area (Å²) in [5.74, 6) is -0.609. The van der Waals surface area contributed by atoms with Gasteiger partial charge >= 0.3 is 61.6 Å². The molecule has 0 aliphatic heterocycles. The molecule has 0 fully saturated rings. The van der Waals surface area contributed by atoms with E-state index < -0.39 is 67.1 Å². The summed E-state index contributed by atoms with van der Waals surface area (Å²) in [6.07, 6.45) is -3.55. The molecule has 0 radical (unpaired) electrons. The number of carboxylic acid groups (broad SMARTS) is 3. The maximum atomic E-state index is 11.1. The van der Waals surface area contributed by atoms with Gasteiger partial charge in [0.05, 0.1) is 31.3 Å². The van der Waals surface area contributed by atoms with E-state index in [1.807, 2.05) is 0 Å². The predicted octanol–water partition coefficient (Wildman–Crippen LogP) is -1.95. The molecule has 0 rings (SSSR count). The van der Waals surface area contributed by atoms with Crippen molar-refractivity contribution in [3.05, 3.63) is 0 Å². The number of rotatable bonds is 10. The van der Waals surface area contributed by atoms with Gasteiger partial charge in [0.15, 0.2) is 0 Å². The van der Waals surface area contributed by atoms with Gasteiger partial charge in [-0.1, -0.05) is 0 Å². The van der Waals surface area contributed by atoms with Gasteiger partial charge in [0, 0.05) is 5.41 Å². The molecule has 0 saturated carbocycles. The van der Waals surface area contributed by atoms with Crippen molar-refractivity contribution in [3.8, 4) is 0 Å². The maximum absolute atomic E-state index is 11.1.